The number of carbonyl (C=O) groups excluding carboxylic acids is 4. The zero-order valence-electron chi connectivity index (χ0n) is 37.1. The summed E-state index contributed by atoms with van der Waals surface area (Å²) >= 11 is 0. The predicted molar refractivity (Wildman–Crippen MR) is 238 cm³/mol. The molecule has 20 heteroatoms. The molecule has 4 fully saturated rings. The highest BCUT2D eigenvalue weighted by molar-refractivity contribution is 6.03. The fourth-order valence-electron chi connectivity index (χ4n) is 9.47. The number of nitrogens with one attached hydrogen (secondary N) is 3. The number of hydrogen-bond donors (Lipinski definition) is 3. The summed E-state index contributed by atoms with van der Waals surface area (Å²) in [6.07, 6.45) is 7.91. The molecule has 2 saturated heterocycles. The second-order valence-electron chi connectivity index (χ2n) is 18.1. The van der Waals surface area contributed by atoms with E-state index in [1.165, 1.54) is 34.6 Å². The average molecular weight is 912 g/mol. The fourth-order valence-corrected chi connectivity index (χ4v) is 9.47. The summed E-state index contributed by atoms with van der Waals surface area (Å²) in [5, 5.41) is 12.4. The van der Waals surface area contributed by atoms with E-state index in [9.17, 15) is 32.8 Å². The molecule has 1 unspecified atom stereocenters. The summed E-state index contributed by atoms with van der Waals surface area (Å²) < 4.78 is 44.6. The van der Waals surface area contributed by atoms with Crippen LogP contribution in [0, 0.1) is 11.8 Å². The van der Waals surface area contributed by atoms with Gasteiger partial charge in [-0.05, 0) is 100 Å². The minimum atomic E-state index is -2.93. The highest BCUT2D eigenvalue weighted by atomic mass is 19.3. The van der Waals surface area contributed by atoms with Gasteiger partial charge in [0.15, 0.2) is 11.4 Å². The van der Waals surface area contributed by atoms with Crippen LogP contribution in [-0.4, -0.2) is 115 Å². The van der Waals surface area contributed by atoms with E-state index in [1.54, 1.807) is 41.9 Å². The summed E-state index contributed by atoms with van der Waals surface area (Å²) in [5.41, 5.74) is 2.07. The molecule has 4 aromatic heterocycles. The first-order chi connectivity index (χ1) is 31.9. The molecular formula is C46H55F2N11O7. The standard InChI is InChI=1S/C46H55F2N11O7/c1-55(23-32-24-57(18-19-65-32)17-3-4-27-7-12-35-37(20-27)56(2)46(64)59(35)36-13-14-39(60)53-43(36)62)45(63)29-8-10-31(11-9-29)58-25-33(40(54-58)41(47)48)51-42(61)34-26-66-44(52-34)30-15-16-49-38(21-30)50-22-28-5-6-28/h7,12,15-16,20-21,25-26,28-29,31-32,36,41H,3-6,8-11,13-14,17-19,22-24H2,1-2H3,(H,49,50)(H,51,61)(H,53,60,62)/t29-,31-,32-,36?/m1/s1. The third-order valence-corrected chi connectivity index (χ3v) is 13.3. The first kappa shape index (κ1) is 44.9. The van der Waals surface area contributed by atoms with E-state index < -0.39 is 30.0 Å². The number of piperidine rings is 1. The molecule has 4 amide bonds. The largest absolute Gasteiger partial charge is 0.444 e. The summed E-state index contributed by atoms with van der Waals surface area (Å²) in [6.45, 7) is 4.11. The van der Waals surface area contributed by atoms with Crippen molar-refractivity contribution in [2.75, 3.05) is 57.0 Å². The Bertz CT molecular complexity index is 2660. The van der Waals surface area contributed by atoms with Crippen molar-refractivity contribution < 1.29 is 37.1 Å². The molecule has 0 spiro atoms. The number of carbonyl (C=O) groups is 4. The molecule has 9 rings (SSSR count). The van der Waals surface area contributed by atoms with Gasteiger partial charge in [0.2, 0.25) is 23.6 Å². The molecule has 3 N–H and O–H groups in total. The van der Waals surface area contributed by atoms with Gasteiger partial charge in [0.25, 0.3) is 12.3 Å². The number of aromatic nitrogens is 6. The number of oxazole rings is 1. The summed E-state index contributed by atoms with van der Waals surface area (Å²) in [6, 6.07) is 8.40. The highest BCUT2D eigenvalue weighted by Gasteiger charge is 2.34. The number of likely N-dealkylation sites (N-methyl/N-ethyl adjacent to an activating group) is 1. The van der Waals surface area contributed by atoms with Crippen molar-refractivity contribution in [1.82, 2.24) is 44.0 Å². The zero-order valence-corrected chi connectivity index (χ0v) is 37.1. The molecule has 6 heterocycles. The van der Waals surface area contributed by atoms with E-state index in [-0.39, 0.29) is 65.7 Å². The van der Waals surface area contributed by atoms with E-state index in [1.807, 2.05) is 18.2 Å². The second kappa shape index (κ2) is 19.3. The number of pyridine rings is 1. The fraction of sp³-hybridized carbons (Fsp3) is 0.522. The van der Waals surface area contributed by atoms with Crippen LogP contribution in [-0.2, 0) is 32.6 Å². The monoisotopic (exact) mass is 911 g/mol. The summed E-state index contributed by atoms with van der Waals surface area (Å²) in [4.78, 5) is 77.0. The lowest BCUT2D eigenvalue weighted by molar-refractivity contribution is -0.138. The molecule has 2 aliphatic carbocycles. The molecule has 0 radical (unpaired) electrons. The van der Waals surface area contributed by atoms with Crippen LogP contribution in [0.25, 0.3) is 22.5 Å². The van der Waals surface area contributed by atoms with Gasteiger partial charge in [-0.2, -0.15) is 5.10 Å². The minimum Gasteiger partial charge on any atom is -0.444 e. The van der Waals surface area contributed by atoms with Gasteiger partial charge in [0, 0.05) is 70.6 Å². The average Bonchev–Trinajstić information content (AvgIpc) is 3.73. The van der Waals surface area contributed by atoms with E-state index in [0.29, 0.717) is 68.2 Å². The minimum absolute atomic E-state index is 0.0246. The molecule has 2 atom stereocenters. The van der Waals surface area contributed by atoms with Crippen molar-refractivity contribution in [3.05, 3.63) is 76.4 Å². The third kappa shape index (κ3) is 9.93. The number of anilines is 2. The molecular weight excluding hydrogens is 857 g/mol. The number of benzene rings is 1. The third-order valence-electron chi connectivity index (χ3n) is 13.3. The molecule has 18 nitrogen and oxygen atoms in total. The smallest absolute Gasteiger partial charge is 0.329 e. The van der Waals surface area contributed by atoms with Gasteiger partial charge in [0.1, 0.15) is 18.1 Å². The van der Waals surface area contributed by atoms with Crippen LogP contribution in [0.1, 0.15) is 98.0 Å². The van der Waals surface area contributed by atoms with Gasteiger partial charge in [-0.15, -0.1) is 0 Å². The number of fused-ring (bicyclic) bond motifs is 1. The first-order valence-corrected chi connectivity index (χ1v) is 22.8. The Hall–Kier alpha value is -6.28. The number of hydrogen-bond acceptors (Lipinski definition) is 12. The van der Waals surface area contributed by atoms with Gasteiger partial charge in [-0.1, -0.05) is 6.07 Å². The molecule has 350 valence electrons. The van der Waals surface area contributed by atoms with Crippen LogP contribution in [0.4, 0.5) is 20.3 Å². The van der Waals surface area contributed by atoms with Gasteiger partial charge >= 0.3 is 5.69 Å². The zero-order chi connectivity index (χ0) is 46.1. The van der Waals surface area contributed by atoms with Crippen molar-refractivity contribution >= 4 is 46.2 Å². The van der Waals surface area contributed by atoms with E-state index >= 15 is 0 Å². The Morgan fingerprint density at radius 2 is 1.85 bits per heavy atom. The van der Waals surface area contributed by atoms with Gasteiger partial charge in [-0.25, -0.2) is 23.5 Å². The van der Waals surface area contributed by atoms with Crippen LogP contribution in [0.15, 0.2) is 58.2 Å². The highest BCUT2D eigenvalue weighted by Crippen LogP contribution is 2.36. The summed E-state index contributed by atoms with van der Waals surface area (Å²) in [5.74, 6) is -0.168. The van der Waals surface area contributed by atoms with Gasteiger partial charge < -0.3 is 24.7 Å². The van der Waals surface area contributed by atoms with Crippen molar-refractivity contribution in [3.63, 3.8) is 0 Å². The lowest BCUT2D eigenvalue weighted by Crippen LogP contribution is -2.49. The maximum Gasteiger partial charge on any atom is 0.329 e. The number of rotatable bonds is 16. The second-order valence-corrected chi connectivity index (χ2v) is 18.1. The van der Waals surface area contributed by atoms with Crippen LogP contribution in [0.3, 0.4) is 0 Å². The quantitative estimate of drug-likeness (QED) is 0.111. The number of alkyl halides is 2. The molecule has 5 aromatic rings. The number of nitrogens with zero attached hydrogens (tertiary/aromatic N) is 8. The van der Waals surface area contributed by atoms with Crippen molar-refractivity contribution in [3.8, 4) is 11.5 Å². The normalized spacial score (nSPS) is 21.6. The SMILES string of the molecule is CN(C[C@@H]1CN(CCCc2ccc3c(c2)n(C)c(=O)n3C2CCC(=O)NC2=O)CCO1)C(=O)[C@H]1CC[C@H](n2cc(NC(=O)c3coc(-c4ccnc(NCC5CC5)c4)n3)c(C(F)F)n2)CC1. The number of morpholine rings is 1. The Morgan fingerprint density at radius 3 is 2.62 bits per heavy atom. The van der Waals surface area contributed by atoms with Crippen LogP contribution >= 0.6 is 0 Å². The molecule has 0 bridgehead atoms. The van der Waals surface area contributed by atoms with Gasteiger partial charge in [0.05, 0.1) is 35.5 Å². The number of imide groups is 1. The van der Waals surface area contributed by atoms with Crippen LogP contribution in [0.2, 0.25) is 0 Å². The molecule has 4 aliphatic rings. The molecule has 2 saturated carbocycles. The molecule has 1 aromatic carbocycles. The van der Waals surface area contributed by atoms with E-state index in [4.69, 9.17) is 9.15 Å². The lowest BCUT2D eigenvalue weighted by Gasteiger charge is -2.36. The van der Waals surface area contributed by atoms with Gasteiger partial charge in [-0.3, -0.25) is 43.2 Å². The molecule has 2 aliphatic heterocycles. The number of ether oxygens (including phenoxy) is 1. The maximum absolute atomic E-state index is 14.2. The van der Waals surface area contributed by atoms with Crippen molar-refractivity contribution in [2.24, 2.45) is 18.9 Å². The van der Waals surface area contributed by atoms with E-state index in [0.717, 1.165) is 43.6 Å². The van der Waals surface area contributed by atoms with E-state index in [2.05, 4.69) is 35.9 Å². The summed E-state index contributed by atoms with van der Waals surface area (Å²) in [7, 11) is 3.49. The number of aryl methyl sites for hydroxylation is 2. The Labute approximate surface area is 379 Å². The number of imidazole rings is 1. The number of halogens is 2. The van der Waals surface area contributed by atoms with Crippen LogP contribution < -0.4 is 21.6 Å². The topological polar surface area (TPSA) is 204 Å². The molecule has 66 heavy (non-hydrogen) atoms. The Kier molecular flexibility index (Phi) is 13.1. The Morgan fingerprint density at radius 1 is 1.03 bits per heavy atom. The van der Waals surface area contributed by atoms with Crippen molar-refractivity contribution in [1.29, 1.82) is 0 Å². The predicted octanol–water partition coefficient (Wildman–Crippen LogP) is 5.10. The van der Waals surface area contributed by atoms with Crippen LogP contribution in [0.5, 0.6) is 0 Å². The lowest BCUT2D eigenvalue weighted by atomic mass is 9.85. The number of amides is 4. The first-order valence-electron chi connectivity index (χ1n) is 22.8. The Balaban J connectivity index is 0.734. The maximum atomic E-state index is 14.2. The van der Waals surface area contributed by atoms with Crippen molar-refractivity contribution in [2.45, 2.75) is 88.8 Å².